The van der Waals surface area contributed by atoms with Gasteiger partial charge >= 0.3 is 0 Å². The zero-order valence-corrected chi connectivity index (χ0v) is 8.31. The van der Waals surface area contributed by atoms with Gasteiger partial charge in [-0.05, 0) is 18.8 Å². The lowest BCUT2D eigenvalue weighted by molar-refractivity contribution is 0.169. The van der Waals surface area contributed by atoms with Crippen molar-refractivity contribution in [2.75, 3.05) is 13.2 Å². The van der Waals surface area contributed by atoms with E-state index in [9.17, 15) is 0 Å². The quantitative estimate of drug-likeness (QED) is 0.701. The molecule has 0 radical (unpaired) electrons. The highest BCUT2D eigenvalue weighted by Gasteiger charge is 2.31. The zero-order chi connectivity index (χ0) is 9.03. The molecule has 1 heterocycles. The minimum atomic E-state index is -0.00537. The third-order valence-electron chi connectivity index (χ3n) is 2.67. The summed E-state index contributed by atoms with van der Waals surface area (Å²) in [6, 6.07) is 0. The second-order valence-corrected chi connectivity index (χ2v) is 4.26. The Balaban J connectivity index is 2.28. The van der Waals surface area contributed by atoms with E-state index < -0.39 is 0 Å². The van der Waals surface area contributed by atoms with E-state index in [0.717, 1.165) is 32.0 Å². The lowest BCUT2D eigenvalue weighted by Gasteiger charge is -2.25. The fourth-order valence-electron chi connectivity index (χ4n) is 2.07. The molecule has 0 saturated carbocycles. The maximum Gasteiger partial charge on any atom is 0.0647 e. The van der Waals surface area contributed by atoms with Crippen LogP contribution in [0.15, 0.2) is 0 Å². The van der Waals surface area contributed by atoms with Crippen molar-refractivity contribution in [1.29, 1.82) is 0 Å². The summed E-state index contributed by atoms with van der Waals surface area (Å²) in [5.41, 5.74) is 6.16. The summed E-state index contributed by atoms with van der Waals surface area (Å²) >= 11 is 0. The van der Waals surface area contributed by atoms with E-state index >= 15 is 0 Å². The number of nitrogens with two attached hydrogens (primary N) is 1. The Bertz CT molecular complexity index is 130. The van der Waals surface area contributed by atoms with E-state index in [1.54, 1.807) is 0 Å². The van der Waals surface area contributed by atoms with Crippen molar-refractivity contribution in [2.45, 2.75) is 45.1 Å². The van der Waals surface area contributed by atoms with E-state index in [4.69, 9.17) is 10.5 Å². The molecule has 1 aliphatic rings. The van der Waals surface area contributed by atoms with E-state index in [2.05, 4.69) is 13.8 Å². The van der Waals surface area contributed by atoms with Crippen LogP contribution in [0.5, 0.6) is 0 Å². The molecule has 2 atom stereocenters. The van der Waals surface area contributed by atoms with Gasteiger partial charge in [0.15, 0.2) is 0 Å². The molecular formula is C10H21NO. The highest BCUT2D eigenvalue weighted by Crippen LogP contribution is 2.25. The average Bonchev–Trinajstić information content (AvgIpc) is 2.36. The number of ether oxygens (including phenoxy) is 1. The van der Waals surface area contributed by atoms with Crippen LogP contribution in [0.4, 0.5) is 0 Å². The predicted octanol–water partition coefficient (Wildman–Crippen LogP) is 1.93. The maximum atomic E-state index is 6.17. The number of hydrogen-bond donors (Lipinski definition) is 1. The van der Waals surface area contributed by atoms with Crippen molar-refractivity contribution in [3.63, 3.8) is 0 Å². The summed E-state index contributed by atoms with van der Waals surface area (Å²) in [6.45, 7) is 6.14. The van der Waals surface area contributed by atoms with E-state index in [-0.39, 0.29) is 5.54 Å². The lowest BCUT2D eigenvalue weighted by Crippen LogP contribution is -2.41. The molecular weight excluding hydrogens is 150 g/mol. The largest absolute Gasteiger partial charge is 0.379 e. The molecule has 1 rings (SSSR count). The molecule has 1 fully saturated rings. The molecule has 2 nitrogen and oxygen atoms in total. The van der Waals surface area contributed by atoms with Crippen LogP contribution >= 0.6 is 0 Å². The SMILES string of the molecule is CCCC(C)CC1(N)CCOC1. The molecule has 2 unspecified atom stereocenters. The molecule has 0 aromatic rings. The highest BCUT2D eigenvalue weighted by molar-refractivity contribution is 4.89. The lowest BCUT2D eigenvalue weighted by atomic mass is 9.86. The van der Waals surface area contributed by atoms with E-state index in [1.165, 1.54) is 12.8 Å². The fourth-order valence-corrected chi connectivity index (χ4v) is 2.07. The van der Waals surface area contributed by atoms with Crippen molar-refractivity contribution in [2.24, 2.45) is 11.7 Å². The molecule has 1 aliphatic heterocycles. The zero-order valence-electron chi connectivity index (χ0n) is 8.31. The van der Waals surface area contributed by atoms with Crippen LogP contribution in [0.3, 0.4) is 0 Å². The van der Waals surface area contributed by atoms with Gasteiger partial charge in [-0.15, -0.1) is 0 Å². The molecule has 0 amide bonds. The molecule has 1 saturated heterocycles. The Morgan fingerprint density at radius 1 is 1.58 bits per heavy atom. The van der Waals surface area contributed by atoms with Crippen LogP contribution in [0, 0.1) is 5.92 Å². The first kappa shape index (κ1) is 10.0. The summed E-state index contributed by atoms with van der Waals surface area (Å²) < 4.78 is 5.31. The first-order valence-corrected chi connectivity index (χ1v) is 5.03. The third kappa shape index (κ3) is 2.76. The van der Waals surface area contributed by atoms with Crippen LogP contribution in [0.25, 0.3) is 0 Å². The molecule has 0 spiro atoms. The van der Waals surface area contributed by atoms with E-state index in [1.807, 2.05) is 0 Å². The van der Waals surface area contributed by atoms with Gasteiger partial charge < -0.3 is 10.5 Å². The minimum absolute atomic E-state index is 0.00537. The van der Waals surface area contributed by atoms with Gasteiger partial charge in [0.05, 0.1) is 6.61 Å². The number of hydrogen-bond acceptors (Lipinski definition) is 2. The molecule has 0 aromatic carbocycles. The monoisotopic (exact) mass is 171 g/mol. The summed E-state index contributed by atoms with van der Waals surface area (Å²) in [7, 11) is 0. The van der Waals surface area contributed by atoms with Gasteiger partial charge in [0, 0.05) is 12.1 Å². The normalized spacial score (nSPS) is 32.2. The Labute approximate surface area is 75.5 Å². The summed E-state index contributed by atoms with van der Waals surface area (Å²) in [6.07, 6.45) is 4.72. The summed E-state index contributed by atoms with van der Waals surface area (Å²) in [5.74, 6) is 0.752. The topological polar surface area (TPSA) is 35.2 Å². The highest BCUT2D eigenvalue weighted by atomic mass is 16.5. The smallest absolute Gasteiger partial charge is 0.0647 e. The number of rotatable bonds is 4. The fraction of sp³-hybridized carbons (Fsp3) is 1.00. The van der Waals surface area contributed by atoms with Crippen molar-refractivity contribution in [1.82, 2.24) is 0 Å². The van der Waals surface area contributed by atoms with Gasteiger partial charge in [-0.25, -0.2) is 0 Å². The van der Waals surface area contributed by atoms with Crippen LogP contribution in [0.2, 0.25) is 0 Å². The van der Waals surface area contributed by atoms with Gasteiger partial charge in [0.25, 0.3) is 0 Å². The van der Waals surface area contributed by atoms with Gasteiger partial charge in [-0.1, -0.05) is 26.7 Å². The predicted molar refractivity (Wildman–Crippen MR) is 51.0 cm³/mol. The van der Waals surface area contributed by atoms with Gasteiger partial charge in [-0.3, -0.25) is 0 Å². The Hall–Kier alpha value is -0.0800. The Morgan fingerprint density at radius 2 is 2.33 bits per heavy atom. The molecule has 0 bridgehead atoms. The molecule has 12 heavy (non-hydrogen) atoms. The van der Waals surface area contributed by atoms with Gasteiger partial charge in [0.1, 0.15) is 0 Å². The van der Waals surface area contributed by atoms with Crippen molar-refractivity contribution in [3.05, 3.63) is 0 Å². The van der Waals surface area contributed by atoms with Crippen LogP contribution in [0.1, 0.15) is 39.5 Å². The maximum absolute atomic E-state index is 6.17. The minimum Gasteiger partial charge on any atom is -0.379 e. The molecule has 2 N–H and O–H groups in total. The summed E-state index contributed by atoms with van der Waals surface area (Å²) in [4.78, 5) is 0. The molecule has 0 aromatic heterocycles. The second kappa shape index (κ2) is 4.24. The average molecular weight is 171 g/mol. The molecule has 72 valence electrons. The standard InChI is InChI=1S/C10H21NO/c1-3-4-9(2)7-10(11)5-6-12-8-10/h9H,3-8,11H2,1-2H3. The van der Waals surface area contributed by atoms with Crippen molar-refractivity contribution >= 4 is 0 Å². The van der Waals surface area contributed by atoms with Gasteiger partial charge in [-0.2, -0.15) is 0 Å². The van der Waals surface area contributed by atoms with Crippen LogP contribution in [-0.4, -0.2) is 18.8 Å². The third-order valence-corrected chi connectivity index (χ3v) is 2.67. The first-order valence-electron chi connectivity index (χ1n) is 5.03. The summed E-state index contributed by atoms with van der Waals surface area (Å²) in [5, 5.41) is 0. The first-order chi connectivity index (χ1) is 5.66. The Kier molecular flexibility index (Phi) is 3.53. The Morgan fingerprint density at radius 3 is 2.83 bits per heavy atom. The van der Waals surface area contributed by atoms with Crippen LogP contribution in [-0.2, 0) is 4.74 Å². The van der Waals surface area contributed by atoms with Crippen molar-refractivity contribution < 1.29 is 4.74 Å². The van der Waals surface area contributed by atoms with Gasteiger partial charge in [0.2, 0.25) is 0 Å². The van der Waals surface area contributed by atoms with Crippen molar-refractivity contribution in [3.8, 4) is 0 Å². The molecule has 2 heteroatoms. The van der Waals surface area contributed by atoms with Crippen LogP contribution < -0.4 is 5.73 Å². The van der Waals surface area contributed by atoms with E-state index in [0.29, 0.717) is 0 Å². The second-order valence-electron chi connectivity index (χ2n) is 4.26. The molecule has 0 aliphatic carbocycles.